The first-order valence-electron chi connectivity index (χ1n) is 6.63. The van der Waals surface area contributed by atoms with Gasteiger partial charge in [-0.2, -0.15) is 11.8 Å². The van der Waals surface area contributed by atoms with Crippen molar-refractivity contribution in [2.45, 2.75) is 49.4 Å². The zero-order valence-electron chi connectivity index (χ0n) is 10.5. The van der Waals surface area contributed by atoms with Gasteiger partial charge in [0.25, 0.3) is 0 Å². The topological polar surface area (TPSA) is 38.7 Å². The fourth-order valence-electron chi connectivity index (χ4n) is 3.58. The van der Waals surface area contributed by atoms with Gasteiger partial charge in [-0.25, -0.2) is 0 Å². The van der Waals surface area contributed by atoms with Gasteiger partial charge in [-0.05, 0) is 30.9 Å². The molecule has 98 valence electrons. The number of ether oxygens (including phenoxy) is 2. The molecule has 2 heterocycles. The molecule has 0 bridgehead atoms. The first-order chi connectivity index (χ1) is 8.16. The molecular formula is C13H22O3S. The van der Waals surface area contributed by atoms with E-state index in [0.29, 0.717) is 5.92 Å². The van der Waals surface area contributed by atoms with Crippen LogP contribution in [0.25, 0.3) is 0 Å². The molecule has 3 rings (SSSR count). The van der Waals surface area contributed by atoms with Crippen LogP contribution < -0.4 is 0 Å². The lowest BCUT2D eigenvalue weighted by atomic mass is 9.64. The van der Waals surface area contributed by atoms with Crippen molar-refractivity contribution in [3.63, 3.8) is 0 Å². The van der Waals surface area contributed by atoms with Gasteiger partial charge in [0.15, 0.2) is 0 Å². The maximum atomic E-state index is 10.6. The van der Waals surface area contributed by atoms with Gasteiger partial charge in [0.2, 0.25) is 0 Å². The van der Waals surface area contributed by atoms with Crippen molar-refractivity contribution < 1.29 is 14.6 Å². The van der Waals surface area contributed by atoms with Gasteiger partial charge >= 0.3 is 0 Å². The first kappa shape index (κ1) is 12.3. The molecule has 1 aliphatic carbocycles. The van der Waals surface area contributed by atoms with E-state index in [9.17, 15) is 5.11 Å². The van der Waals surface area contributed by atoms with Crippen LogP contribution in [-0.2, 0) is 9.47 Å². The van der Waals surface area contributed by atoms with E-state index in [4.69, 9.17) is 9.47 Å². The number of methoxy groups -OCH3 is 1. The Kier molecular flexibility index (Phi) is 3.18. The molecule has 4 heteroatoms. The molecule has 0 aromatic carbocycles. The summed E-state index contributed by atoms with van der Waals surface area (Å²) in [6.45, 7) is 0.825. The third-order valence-corrected chi connectivity index (χ3v) is 6.04. The Bertz CT molecular complexity index is 282. The van der Waals surface area contributed by atoms with Crippen molar-refractivity contribution >= 4 is 11.8 Å². The maximum Gasteiger partial charge on any atom is 0.0784 e. The van der Waals surface area contributed by atoms with E-state index in [0.717, 1.165) is 44.5 Å². The molecule has 17 heavy (non-hydrogen) atoms. The quantitative estimate of drug-likeness (QED) is 0.820. The molecule has 0 aromatic heterocycles. The summed E-state index contributed by atoms with van der Waals surface area (Å²) in [5, 5.41) is 10.6. The van der Waals surface area contributed by atoms with Crippen LogP contribution >= 0.6 is 11.8 Å². The Morgan fingerprint density at radius 1 is 1.35 bits per heavy atom. The number of hydrogen-bond donors (Lipinski definition) is 1. The van der Waals surface area contributed by atoms with Crippen molar-refractivity contribution in [1.82, 2.24) is 0 Å². The summed E-state index contributed by atoms with van der Waals surface area (Å²) in [5.41, 5.74) is -0.383. The average molecular weight is 258 g/mol. The maximum absolute atomic E-state index is 10.6. The SMILES string of the molecule is COC1CC(O)(C2CCOC3(CCSC3)C2)C1. The summed E-state index contributed by atoms with van der Waals surface area (Å²) in [6, 6.07) is 0. The Hall–Kier alpha value is 0.230. The monoisotopic (exact) mass is 258 g/mol. The molecule has 1 saturated carbocycles. The van der Waals surface area contributed by atoms with Crippen molar-refractivity contribution in [2.75, 3.05) is 25.2 Å². The standard InChI is InChI=1S/C13H22O3S/c1-15-11-7-13(14,8-11)10-2-4-16-12(6-10)3-5-17-9-12/h10-11,14H,2-9H2,1H3. The van der Waals surface area contributed by atoms with Crippen molar-refractivity contribution in [3.05, 3.63) is 0 Å². The number of aliphatic hydroxyl groups is 1. The Balaban J connectivity index is 1.64. The first-order valence-corrected chi connectivity index (χ1v) is 7.78. The lowest BCUT2D eigenvalue weighted by molar-refractivity contribution is -0.195. The van der Waals surface area contributed by atoms with Crippen LogP contribution in [0, 0.1) is 5.92 Å². The smallest absolute Gasteiger partial charge is 0.0784 e. The molecule has 2 atom stereocenters. The fraction of sp³-hybridized carbons (Fsp3) is 1.00. The molecule has 1 N–H and O–H groups in total. The highest BCUT2D eigenvalue weighted by atomic mass is 32.2. The molecule has 0 aromatic rings. The van der Waals surface area contributed by atoms with Gasteiger partial charge in [0, 0.05) is 32.3 Å². The van der Waals surface area contributed by atoms with Crippen LogP contribution in [0.1, 0.15) is 32.1 Å². The number of hydrogen-bond acceptors (Lipinski definition) is 4. The van der Waals surface area contributed by atoms with Crippen LogP contribution in [0.4, 0.5) is 0 Å². The van der Waals surface area contributed by atoms with E-state index in [1.54, 1.807) is 7.11 Å². The minimum Gasteiger partial charge on any atom is -0.389 e. The van der Waals surface area contributed by atoms with Crippen LogP contribution in [0.3, 0.4) is 0 Å². The molecule has 3 aliphatic rings. The molecule has 2 aliphatic heterocycles. The second kappa shape index (κ2) is 4.41. The van der Waals surface area contributed by atoms with Gasteiger partial charge in [-0.15, -0.1) is 0 Å². The lowest BCUT2D eigenvalue weighted by Gasteiger charge is -2.52. The van der Waals surface area contributed by atoms with Crippen molar-refractivity contribution in [3.8, 4) is 0 Å². The highest BCUT2D eigenvalue weighted by Gasteiger charge is 2.53. The van der Waals surface area contributed by atoms with E-state index in [2.05, 4.69) is 0 Å². The van der Waals surface area contributed by atoms with E-state index in [1.807, 2.05) is 11.8 Å². The van der Waals surface area contributed by atoms with E-state index in [1.165, 1.54) is 5.75 Å². The van der Waals surface area contributed by atoms with E-state index in [-0.39, 0.29) is 11.7 Å². The van der Waals surface area contributed by atoms with Crippen molar-refractivity contribution in [1.29, 1.82) is 0 Å². The summed E-state index contributed by atoms with van der Waals surface area (Å²) >= 11 is 1.99. The molecule has 0 radical (unpaired) electrons. The normalized spacial score (nSPS) is 50.5. The van der Waals surface area contributed by atoms with Crippen molar-refractivity contribution in [2.24, 2.45) is 5.92 Å². The van der Waals surface area contributed by atoms with Crippen LogP contribution in [0.5, 0.6) is 0 Å². The largest absolute Gasteiger partial charge is 0.389 e. The molecule has 3 nitrogen and oxygen atoms in total. The van der Waals surface area contributed by atoms with E-state index >= 15 is 0 Å². The molecule has 1 spiro atoms. The predicted molar refractivity (Wildman–Crippen MR) is 68.3 cm³/mol. The number of thioether (sulfide) groups is 1. The number of rotatable bonds is 2. The second-order valence-corrected chi connectivity index (χ2v) is 7.00. The average Bonchev–Trinajstić information content (AvgIpc) is 2.73. The summed E-state index contributed by atoms with van der Waals surface area (Å²) < 4.78 is 11.3. The third-order valence-electron chi connectivity index (χ3n) is 4.82. The van der Waals surface area contributed by atoms with Crippen LogP contribution in [0.15, 0.2) is 0 Å². The molecule has 2 unspecified atom stereocenters. The van der Waals surface area contributed by atoms with Gasteiger partial charge < -0.3 is 14.6 Å². The highest BCUT2D eigenvalue weighted by Crippen LogP contribution is 2.49. The van der Waals surface area contributed by atoms with Crippen LogP contribution in [-0.4, -0.2) is 47.6 Å². The zero-order chi connectivity index (χ0) is 11.9. The zero-order valence-corrected chi connectivity index (χ0v) is 11.3. The molecule has 0 amide bonds. The second-order valence-electron chi connectivity index (χ2n) is 5.89. The van der Waals surface area contributed by atoms with Gasteiger partial charge in [0.05, 0.1) is 17.3 Å². The molecular weight excluding hydrogens is 236 g/mol. The summed E-state index contributed by atoms with van der Waals surface area (Å²) in [4.78, 5) is 0. The molecule has 3 fully saturated rings. The Labute approximate surface area is 107 Å². The van der Waals surface area contributed by atoms with Gasteiger partial charge in [-0.1, -0.05) is 0 Å². The fourth-order valence-corrected chi connectivity index (χ4v) is 4.96. The minimum atomic E-state index is -0.468. The predicted octanol–water partition coefficient (Wildman–Crippen LogP) is 1.83. The third kappa shape index (κ3) is 2.14. The summed E-state index contributed by atoms with van der Waals surface area (Å²) in [7, 11) is 1.74. The minimum absolute atomic E-state index is 0.0848. The van der Waals surface area contributed by atoms with Crippen LogP contribution in [0.2, 0.25) is 0 Å². The Morgan fingerprint density at radius 3 is 2.82 bits per heavy atom. The van der Waals surface area contributed by atoms with Gasteiger partial charge in [0.1, 0.15) is 0 Å². The lowest BCUT2D eigenvalue weighted by Crippen LogP contribution is -2.57. The van der Waals surface area contributed by atoms with Gasteiger partial charge in [-0.3, -0.25) is 0 Å². The summed E-state index contributed by atoms with van der Waals surface area (Å²) in [5.74, 6) is 2.75. The summed E-state index contributed by atoms with van der Waals surface area (Å²) in [6.07, 6.45) is 5.13. The molecule has 2 saturated heterocycles. The highest BCUT2D eigenvalue weighted by molar-refractivity contribution is 7.99. The Morgan fingerprint density at radius 2 is 2.18 bits per heavy atom. The van der Waals surface area contributed by atoms with E-state index < -0.39 is 5.60 Å².